The first kappa shape index (κ1) is 12.7. The van der Waals surface area contributed by atoms with Crippen LogP contribution in [0, 0.1) is 0 Å². The zero-order chi connectivity index (χ0) is 13.8. The number of aromatic nitrogens is 1. The van der Waals surface area contributed by atoms with Crippen molar-refractivity contribution in [2.24, 2.45) is 0 Å². The Balaban J connectivity index is 1.69. The predicted molar refractivity (Wildman–Crippen MR) is 78.6 cm³/mol. The molecule has 3 aromatic rings. The number of pyridine rings is 1. The first-order valence-corrected chi connectivity index (χ1v) is 6.66. The third-order valence-corrected chi connectivity index (χ3v) is 3.29. The van der Waals surface area contributed by atoms with Gasteiger partial charge in [-0.05, 0) is 24.3 Å². The van der Waals surface area contributed by atoms with Gasteiger partial charge in [0.15, 0.2) is 5.43 Å². The second-order valence-electron chi connectivity index (χ2n) is 4.65. The Kier molecular flexibility index (Phi) is 3.65. The molecule has 0 saturated carbocycles. The predicted octanol–water partition coefficient (Wildman–Crippen LogP) is 2.38. The first-order valence-electron chi connectivity index (χ1n) is 6.66. The molecule has 0 spiro atoms. The summed E-state index contributed by atoms with van der Waals surface area (Å²) in [7, 11) is 0. The van der Waals surface area contributed by atoms with Gasteiger partial charge in [0.1, 0.15) is 5.76 Å². The Morgan fingerprint density at radius 1 is 1.10 bits per heavy atom. The molecule has 0 radical (unpaired) electrons. The van der Waals surface area contributed by atoms with Crippen molar-refractivity contribution in [3.8, 4) is 0 Å². The maximum Gasteiger partial charge on any atom is 0.189 e. The van der Waals surface area contributed by atoms with Gasteiger partial charge in [0.2, 0.25) is 0 Å². The SMILES string of the molecule is O=c1ccn(CCNCc2ccco2)c2ccccc12. The lowest BCUT2D eigenvalue weighted by Gasteiger charge is -2.10. The molecule has 3 rings (SSSR count). The van der Waals surface area contributed by atoms with E-state index in [9.17, 15) is 4.79 Å². The first-order chi connectivity index (χ1) is 9.84. The summed E-state index contributed by atoms with van der Waals surface area (Å²) in [5.74, 6) is 0.926. The van der Waals surface area contributed by atoms with E-state index in [1.807, 2.05) is 42.6 Å². The number of nitrogens with one attached hydrogen (secondary N) is 1. The number of fused-ring (bicyclic) bond motifs is 1. The number of furan rings is 1. The van der Waals surface area contributed by atoms with Crippen LogP contribution in [0.4, 0.5) is 0 Å². The van der Waals surface area contributed by atoms with Gasteiger partial charge >= 0.3 is 0 Å². The summed E-state index contributed by atoms with van der Waals surface area (Å²) in [5.41, 5.74) is 1.04. The molecule has 4 heteroatoms. The Bertz CT molecular complexity index is 745. The smallest absolute Gasteiger partial charge is 0.189 e. The van der Waals surface area contributed by atoms with Crippen LogP contribution in [0.2, 0.25) is 0 Å². The summed E-state index contributed by atoms with van der Waals surface area (Å²) < 4.78 is 7.35. The van der Waals surface area contributed by atoms with Gasteiger partial charge in [-0.3, -0.25) is 4.79 Å². The summed E-state index contributed by atoms with van der Waals surface area (Å²) >= 11 is 0. The van der Waals surface area contributed by atoms with Gasteiger partial charge in [-0.15, -0.1) is 0 Å². The van der Waals surface area contributed by atoms with Crippen LogP contribution in [0.15, 0.2) is 64.1 Å². The topological polar surface area (TPSA) is 47.2 Å². The van der Waals surface area contributed by atoms with E-state index in [2.05, 4.69) is 9.88 Å². The number of benzene rings is 1. The molecule has 20 heavy (non-hydrogen) atoms. The summed E-state index contributed by atoms with van der Waals surface area (Å²) in [5, 5.41) is 4.09. The Labute approximate surface area is 116 Å². The Morgan fingerprint density at radius 3 is 2.85 bits per heavy atom. The normalized spacial score (nSPS) is 11.0. The zero-order valence-electron chi connectivity index (χ0n) is 11.1. The van der Waals surface area contributed by atoms with Crippen molar-refractivity contribution in [2.75, 3.05) is 6.54 Å². The molecule has 0 amide bonds. The molecule has 2 heterocycles. The maximum absolute atomic E-state index is 11.8. The van der Waals surface area contributed by atoms with Crippen molar-refractivity contribution in [2.45, 2.75) is 13.1 Å². The molecule has 0 unspecified atom stereocenters. The van der Waals surface area contributed by atoms with Crippen LogP contribution in [-0.2, 0) is 13.1 Å². The Morgan fingerprint density at radius 2 is 2.00 bits per heavy atom. The van der Waals surface area contributed by atoms with Crippen molar-refractivity contribution >= 4 is 10.9 Å². The molecule has 0 bridgehead atoms. The summed E-state index contributed by atoms with van der Waals surface area (Å²) in [6.45, 7) is 2.33. The van der Waals surface area contributed by atoms with Crippen LogP contribution in [0.25, 0.3) is 10.9 Å². The minimum atomic E-state index is 0.0698. The summed E-state index contributed by atoms with van der Waals surface area (Å²) in [4.78, 5) is 11.8. The van der Waals surface area contributed by atoms with Gasteiger partial charge in [-0.1, -0.05) is 12.1 Å². The summed E-state index contributed by atoms with van der Waals surface area (Å²) in [6.07, 6.45) is 3.52. The summed E-state index contributed by atoms with van der Waals surface area (Å²) in [6, 6.07) is 13.1. The largest absolute Gasteiger partial charge is 0.468 e. The number of rotatable bonds is 5. The molecule has 0 saturated heterocycles. The van der Waals surface area contributed by atoms with Gasteiger partial charge < -0.3 is 14.3 Å². The number of hydrogen-bond donors (Lipinski definition) is 1. The van der Waals surface area contributed by atoms with Gasteiger partial charge in [-0.25, -0.2) is 0 Å². The van der Waals surface area contributed by atoms with Crippen LogP contribution < -0.4 is 10.7 Å². The lowest BCUT2D eigenvalue weighted by molar-refractivity contribution is 0.477. The van der Waals surface area contributed by atoms with E-state index < -0.39 is 0 Å². The van der Waals surface area contributed by atoms with E-state index in [0.29, 0.717) is 6.54 Å². The molecule has 1 N–H and O–H groups in total. The molecule has 2 aromatic heterocycles. The van der Waals surface area contributed by atoms with Crippen LogP contribution in [0.1, 0.15) is 5.76 Å². The van der Waals surface area contributed by atoms with Gasteiger partial charge in [0, 0.05) is 30.7 Å². The van der Waals surface area contributed by atoms with E-state index in [1.165, 1.54) is 0 Å². The molecule has 1 aromatic carbocycles. The van der Waals surface area contributed by atoms with Crippen LogP contribution >= 0.6 is 0 Å². The van der Waals surface area contributed by atoms with Crippen molar-refractivity contribution in [3.05, 3.63) is 70.9 Å². The maximum atomic E-state index is 11.8. The van der Waals surface area contributed by atoms with E-state index in [4.69, 9.17) is 4.42 Å². The molecule has 0 aliphatic heterocycles. The number of nitrogens with zero attached hydrogens (tertiary/aromatic N) is 1. The average molecular weight is 268 g/mol. The third kappa shape index (κ3) is 2.65. The molecule has 0 fully saturated rings. The fraction of sp³-hybridized carbons (Fsp3) is 0.188. The van der Waals surface area contributed by atoms with Gasteiger partial charge in [0.05, 0.1) is 18.3 Å². The minimum Gasteiger partial charge on any atom is -0.468 e. The van der Waals surface area contributed by atoms with E-state index in [1.54, 1.807) is 12.3 Å². The van der Waals surface area contributed by atoms with E-state index >= 15 is 0 Å². The highest BCUT2D eigenvalue weighted by atomic mass is 16.3. The van der Waals surface area contributed by atoms with Crippen LogP contribution in [-0.4, -0.2) is 11.1 Å². The quantitative estimate of drug-likeness (QED) is 0.723. The van der Waals surface area contributed by atoms with E-state index in [-0.39, 0.29) is 5.43 Å². The monoisotopic (exact) mass is 268 g/mol. The fourth-order valence-electron chi connectivity index (χ4n) is 2.28. The average Bonchev–Trinajstić information content (AvgIpc) is 2.99. The molecule has 0 aliphatic rings. The molecular weight excluding hydrogens is 252 g/mol. The second-order valence-corrected chi connectivity index (χ2v) is 4.65. The number of hydrogen-bond acceptors (Lipinski definition) is 3. The molecule has 4 nitrogen and oxygen atoms in total. The minimum absolute atomic E-state index is 0.0698. The molecule has 0 aliphatic carbocycles. The van der Waals surface area contributed by atoms with Crippen molar-refractivity contribution in [1.82, 2.24) is 9.88 Å². The van der Waals surface area contributed by atoms with Gasteiger partial charge in [-0.2, -0.15) is 0 Å². The van der Waals surface area contributed by atoms with Crippen molar-refractivity contribution < 1.29 is 4.42 Å². The lowest BCUT2D eigenvalue weighted by atomic mass is 10.2. The fourth-order valence-corrected chi connectivity index (χ4v) is 2.28. The highest BCUT2D eigenvalue weighted by Crippen LogP contribution is 2.08. The van der Waals surface area contributed by atoms with E-state index in [0.717, 1.165) is 29.8 Å². The van der Waals surface area contributed by atoms with Crippen LogP contribution in [0.3, 0.4) is 0 Å². The van der Waals surface area contributed by atoms with Crippen LogP contribution in [0.5, 0.6) is 0 Å². The number of para-hydroxylation sites is 1. The second kappa shape index (κ2) is 5.75. The molecule has 102 valence electrons. The van der Waals surface area contributed by atoms with Crippen molar-refractivity contribution in [1.29, 1.82) is 0 Å². The standard InChI is InChI=1S/C16H16N2O2/c19-16-7-9-18(15-6-2-1-5-14(15)16)10-8-17-12-13-4-3-11-20-13/h1-7,9,11,17H,8,10,12H2. The highest BCUT2D eigenvalue weighted by Gasteiger charge is 2.01. The third-order valence-electron chi connectivity index (χ3n) is 3.29. The zero-order valence-corrected chi connectivity index (χ0v) is 11.1. The van der Waals surface area contributed by atoms with Crippen molar-refractivity contribution in [3.63, 3.8) is 0 Å². The Hall–Kier alpha value is -2.33. The molecule has 0 atom stereocenters. The highest BCUT2D eigenvalue weighted by molar-refractivity contribution is 5.78. The van der Waals surface area contributed by atoms with Gasteiger partial charge in [0.25, 0.3) is 0 Å². The lowest BCUT2D eigenvalue weighted by Crippen LogP contribution is -2.20. The molecular formula is C16H16N2O2.